The first-order valence-electron chi connectivity index (χ1n) is 10.8. The number of aryl methyl sites for hydroxylation is 3. The second-order valence-electron chi connectivity index (χ2n) is 8.66. The third kappa shape index (κ3) is 4.01. The quantitative estimate of drug-likeness (QED) is 0.462. The number of aliphatic hydroxyl groups excluding tert-OH is 1. The van der Waals surface area contributed by atoms with Crippen LogP contribution >= 0.6 is 0 Å². The van der Waals surface area contributed by atoms with Crippen LogP contribution in [0.3, 0.4) is 0 Å². The van der Waals surface area contributed by atoms with Crippen molar-refractivity contribution in [2.75, 3.05) is 18.4 Å². The van der Waals surface area contributed by atoms with Gasteiger partial charge < -0.3 is 15.0 Å². The van der Waals surface area contributed by atoms with Gasteiger partial charge in [-0.15, -0.1) is 0 Å². The molecule has 0 bridgehead atoms. The third-order valence-corrected chi connectivity index (χ3v) is 6.19. The number of β-amino-alcohol motifs (C(OH)–C–C–N with tert-alkyl or cyclic N) is 1. The van der Waals surface area contributed by atoms with E-state index in [1.807, 2.05) is 13.1 Å². The molecule has 3 aromatic heterocycles. The maximum absolute atomic E-state index is 13.5. The van der Waals surface area contributed by atoms with Crippen LogP contribution in [0.2, 0.25) is 0 Å². The minimum absolute atomic E-state index is 0.178. The third-order valence-electron chi connectivity index (χ3n) is 6.19. The molecular formula is C23H24F3N7O. The Morgan fingerprint density at radius 3 is 2.65 bits per heavy atom. The van der Waals surface area contributed by atoms with Crippen LogP contribution in [0.15, 0.2) is 36.7 Å². The van der Waals surface area contributed by atoms with Gasteiger partial charge in [-0.05, 0) is 37.6 Å². The topological polar surface area (TPSA) is 84.0 Å². The van der Waals surface area contributed by atoms with Crippen LogP contribution in [-0.4, -0.2) is 53.5 Å². The lowest BCUT2D eigenvalue weighted by Crippen LogP contribution is -2.49. The summed E-state index contributed by atoms with van der Waals surface area (Å²) in [7, 11) is 1.42. The van der Waals surface area contributed by atoms with Crippen LogP contribution < -0.4 is 5.32 Å². The lowest BCUT2D eigenvalue weighted by Gasteiger charge is -2.35. The smallest absolute Gasteiger partial charge is 0.390 e. The number of nitrogens with one attached hydrogen (secondary N) is 1. The van der Waals surface area contributed by atoms with Gasteiger partial charge in [0, 0.05) is 67.3 Å². The van der Waals surface area contributed by atoms with Crippen LogP contribution in [0.25, 0.3) is 16.7 Å². The van der Waals surface area contributed by atoms with Gasteiger partial charge in [-0.25, -0.2) is 9.67 Å². The molecule has 1 fully saturated rings. The minimum atomic E-state index is -4.43. The number of benzene rings is 1. The Hall–Kier alpha value is -3.44. The van der Waals surface area contributed by atoms with Crippen molar-refractivity contribution in [3.63, 3.8) is 0 Å². The Balaban J connectivity index is 1.40. The minimum Gasteiger partial charge on any atom is -0.390 e. The normalized spacial score (nSPS) is 15.1. The second-order valence-corrected chi connectivity index (χ2v) is 8.66. The lowest BCUT2D eigenvalue weighted by molar-refractivity contribution is -0.143. The molecule has 178 valence electrons. The van der Waals surface area contributed by atoms with Gasteiger partial charge in [0.25, 0.3) is 0 Å². The van der Waals surface area contributed by atoms with Crippen molar-refractivity contribution in [1.82, 2.24) is 29.2 Å². The first kappa shape index (κ1) is 22.4. The fraction of sp³-hybridized carbons (Fsp3) is 0.348. The Morgan fingerprint density at radius 2 is 1.94 bits per heavy atom. The molecule has 11 heteroatoms. The zero-order valence-electron chi connectivity index (χ0n) is 18.9. The predicted octanol–water partition coefficient (Wildman–Crippen LogP) is 3.71. The molecule has 4 aromatic rings. The van der Waals surface area contributed by atoms with E-state index in [2.05, 4.69) is 25.3 Å². The number of alkyl halides is 3. The van der Waals surface area contributed by atoms with Crippen molar-refractivity contribution in [2.24, 2.45) is 7.05 Å². The van der Waals surface area contributed by atoms with Gasteiger partial charge in [-0.1, -0.05) is 0 Å². The summed E-state index contributed by atoms with van der Waals surface area (Å²) in [6.45, 7) is 5.42. The zero-order chi connectivity index (χ0) is 24.2. The molecule has 0 spiro atoms. The summed E-state index contributed by atoms with van der Waals surface area (Å²) in [6, 6.07) is 6.76. The van der Waals surface area contributed by atoms with Crippen molar-refractivity contribution in [1.29, 1.82) is 0 Å². The summed E-state index contributed by atoms with van der Waals surface area (Å²) in [5.41, 5.74) is 2.53. The second kappa shape index (κ2) is 8.10. The van der Waals surface area contributed by atoms with E-state index in [9.17, 15) is 18.3 Å². The number of fused-ring (bicyclic) bond motifs is 1. The maximum atomic E-state index is 13.5. The molecular weight excluding hydrogens is 447 g/mol. The molecule has 1 aromatic carbocycles. The number of halogens is 3. The van der Waals surface area contributed by atoms with Crippen LogP contribution in [0.4, 0.5) is 24.8 Å². The van der Waals surface area contributed by atoms with Crippen molar-refractivity contribution in [2.45, 2.75) is 32.7 Å². The van der Waals surface area contributed by atoms with E-state index in [0.717, 1.165) is 11.3 Å². The highest BCUT2D eigenvalue weighted by Crippen LogP contribution is 2.38. The first-order valence-corrected chi connectivity index (χ1v) is 10.8. The number of likely N-dealkylation sites (tertiary alicyclic amines) is 1. The van der Waals surface area contributed by atoms with Crippen molar-refractivity contribution >= 4 is 22.5 Å². The predicted molar refractivity (Wildman–Crippen MR) is 121 cm³/mol. The van der Waals surface area contributed by atoms with Gasteiger partial charge in [0.05, 0.1) is 11.8 Å². The van der Waals surface area contributed by atoms with Crippen molar-refractivity contribution in [3.8, 4) is 5.82 Å². The molecule has 1 saturated heterocycles. The summed E-state index contributed by atoms with van der Waals surface area (Å²) in [4.78, 5) is 10.9. The Morgan fingerprint density at radius 1 is 1.18 bits per heavy atom. The first-order chi connectivity index (χ1) is 16.1. The number of hydrogen-bond acceptors (Lipinski definition) is 6. The molecule has 34 heavy (non-hydrogen) atoms. The average Bonchev–Trinajstić information content (AvgIpc) is 3.24. The average molecular weight is 471 g/mol. The van der Waals surface area contributed by atoms with Gasteiger partial charge in [0.1, 0.15) is 5.69 Å². The van der Waals surface area contributed by atoms with Crippen LogP contribution in [0.5, 0.6) is 0 Å². The van der Waals surface area contributed by atoms with E-state index >= 15 is 0 Å². The highest BCUT2D eigenvalue weighted by atomic mass is 19.4. The lowest BCUT2D eigenvalue weighted by atomic mass is 10.1. The van der Waals surface area contributed by atoms with Gasteiger partial charge >= 0.3 is 6.18 Å². The van der Waals surface area contributed by atoms with Gasteiger partial charge in [0.2, 0.25) is 5.95 Å². The fourth-order valence-corrected chi connectivity index (χ4v) is 4.46. The number of aliphatic hydroxyl groups is 1. The molecule has 4 heterocycles. The summed E-state index contributed by atoms with van der Waals surface area (Å²) in [5, 5.41) is 17.6. The van der Waals surface area contributed by atoms with E-state index in [1.165, 1.54) is 18.5 Å². The number of aromatic nitrogens is 5. The van der Waals surface area contributed by atoms with E-state index in [0.29, 0.717) is 48.0 Å². The SMILES string of the molecule is Cc1nn(-c2ccnc(Nc3ccc4c(c3)c(C)c(C(F)(F)F)n4C)n2)cc1CN1CC(O)C1. The van der Waals surface area contributed by atoms with Gasteiger partial charge in [-0.2, -0.15) is 23.3 Å². The Bertz CT molecular complexity index is 1370. The van der Waals surface area contributed by atoms with E-state index in [-0.39, 0.29) is 11.7 Å². The Kier molecular flexibility index (Phi) is 5.33. The van der Waals surface area contributed by atoms with Crippen LogP contribution in [0.1, 0.15) is 22.5 Å². The Labute approximate surface area is 193 Å². The molecule has 0 saturated carbocycles. The number of anilines is 2. The highest BCUT2D eigenvalue weighted by Gasteiger charge is 2.37. The van der Waals surface area contributed by atoms with Crippen molar-refractivity contribution < 1.29 is 18.3 Å². The zero-order valence-corrected chi connectivity index (χ0v) is 18.9. The standard InChI is InChI=1S/C23H24F3N7O/c1-13-18-8-16(4-5-19(18)31(3)21(13)23(24,25)26)28-22-27-7-6-20(29-22)33-10-15(14(2)30-33)9-32-11-17(34)12-32/h4-8,10,17,34H,9,11-12H2,1-3H3,(H,27,28,29). The van der Waals surface area contributed by atoms with Crippen LogP contribution in [0, 0.1) is 13.8 Å². The number of rotatable bonds is 5. The molecule has 1 aliphatic rings. The summed E-state index contributed by atoms with van der Waals surface area (Å²) in [5.74, 6) is 0.869. The summed E-state index contributed by atoms with van der Waals surface area (Å²) < 4.78 is 43.2. The molecule has 0 amide bonds. The van der Waals surface area contributed by atoms with Gasteiger partial charge in [0.15, 0.2) is 5.82 Å². The molecule has 0 atom stereocenters. The molecule has 0 aliphatic carbocycles. The maximum Gasteiger partial charge on any atom is 0.431 e. The summed E-state index contributed by atoms with van der Waals surface area (Å²) in [6.07, 6.45) is -1.19. The molecule has 2 N–H and O–H groups in total. The molecule has 0 radical (unpaired) electrons. The van der Waals surface area contributed by atoms with Gasteiger partial charge in [-0.3, -0.25) is 4.90 Å². The highest BCUT2D eigenvalue weighted by molar-refractivity contribution is 5.89. The van der Waals surface area contributed by atoms with E-state index in [4.69, 9.17) is 0 Å². The molecule has 5 rings (SSSR count). The van der Waals surface area contributed by atoms with Crippen LogP contribution in [-0.2, 0) is 19.8 Å². The number of nitrogens with zero attached hydrogens (tertiary/aromatic N) is 6. The molecule has 0 unspecified atom stereocenters. The van der Waals surface area contributed by atoms with E-state index < -0.39 is 11.9 Å². The fourth-order valence-electron chi connectivity index (χ4n) is 4.46. The molecule has 8 nitrogen and oxygen atoms in total. The van der Waals surface area contributed by atoms with E-state index in [1.54, 1.807) is 35.1 Å². The number of hydrogen-bond donors (Lipinski definition) is 2. The molecule has 1 aliphatic heterocycles. The summed E-state index contributed by atoms with van der Waals surface area (Å²) >= 11 is 0. The monoisotopic (exact) mass is 471 g/mol. The van der Waals surface area contributed by atoms with Crippen molar-refractivity contribution in [3.05, 3.63) is 59.2 Å². The largest absolute Gasteiger partial charge is 0.431 e.